The first-order chi connectivity index (χ1) is 13.5. The van der Waals surface area contributed by atoms with E-state index in [1.807, 2.05) is 6.92 Å². The molecule has 0 radical (unpaired) electrons. The summed E-state index contributed by atoms with van der Waals surface area (Å²) in [5.74, 6) is -0.502. The summed E-state index contributed by atoms with van der Waals surface area (Å²) in [7, 11) is 3.12. The molecule has 0 saturated carbocycles. The molecule has 2 saturated heterocycles. The van der Waals surface area contributed by atoms with Crippen LogP contribution in [0.15, 0.2) is 0 Å². The maximum Gasteiger partial charge on any atom is 0.328 e. The molecule has 2 atom stereocenters. The zero-order valence-corrected chi connectivity index (χ0v) is 17.0. The van der Waals surface area contributed by atoms with E-state index in [0.717, 1.165) is 12.8 Å². The number of ether oxygens (including phenoxy) is 4. The summed E-state index contributed by atoms with van der Waals surface area (Å²) in [4.78, 5) is 42.8. The molecule has 2 aliphatic heterocycles. The normalized spacial score (nSPS) is 21.7. The molecule has 4 amide bonds. The van der Waals surface area contributed by atoms with Gasteiger partial charge < -0.3 is 23.8 Å². The van der Waals surface area contributed by atoms with E-state index >= 15 is 0 Å². The molecular formula is C17H30N4O7. The largest absolute Gasteiger partial charge is 0.444 e. The van der Waals surface area contributed by atoms with Crippen molar-refractivity contribution in [2.45, 2.75) is 39.0 Å². The third-order valence-corrected chi connectivity index (χ3v) is 4.66. The molecule has 2 heterocycles. The number of unbranched alkanes of at least 4 members (excludes halogenated alkanes) is 1. The van der Waals surface area contributed by atoms with E-state index in [1.165, 1.54) is 28.7 Å². The Labute approximate surface area is 165 Å². The number of nitrogens with zero attached hydrogens (tertiary/aromatic N) is 4. The van der Waals surface area contributed by atoms with E-state index in [2.05, 4.69) is 0 Å². The predicted octanol–water partition coefficient (Wildman–Crippen LogP) is 0.659. The van der Waals surface area contributed by atoms with Gasteiger partial charge in [0.05, 0.1) is 0 Å². The third kappa shape index (κ3) is 4.65. The van der Waals surface area contributed by atoms with Gasteiger partial charge in [0.2, 0.25) is 0 Å². The number of fused-ring (bicyclic) bond motifs is 1. The SMILES string of the molecule is CCN1C(=O)N(COCCCCOC)C2C1N(COC(C)=O)C(=O)N2COC. The monoisotopic (exact) mass is 402 g/mol. The topological polar surface area (TPSA) is 101 Å². The number of hydrogen-bond acceptors (Lipinski definition) is 7. The fourth-order valence-corrected chi connectivity index (χ4v) is 3.39. The minimum absolute atomic E-state index is 0.00570. The molecule has 11 heteroatoms. The van der Waals surface area contributed by atoms with Gasteiger partial charge in [0.25, 0.3) is 0 Å². The highest BCUT2D eigenvalue weighted by molar-refractivity contribution is 5.85. The maximum absolute atomic E-state index is 12.9. The van der Waals surface area contributed by atoms with E-state index < -0.39 is 18.3 Å². The van der Waals surface area contributed by atoms with Crippen LogP contribution in [0.3, 0.4) is 0 Å². The van der Waals surface area contributed by atoms with Gasteiger partial charge in [-0.2, -0.15) is 0 Å². The van der Waals surface area contributed by atoms with Crippen molar-refractivity contribution in [2.24, 2.45) is 0 Å². The predicted molar refractivity (Wildman–Crippen MR) is 96.7 cm³/mol. The van der Waals surface area contributed by atoms with E-state index in [1.54, 1.807) is 12.0 Å². The minimum atomic E-state index is -0.588. The van der Waals surface area contributed by atoms with Crippen LogP contribution in [0.5, 0.6) is 0 Å². The lowest BCUT2D eigenvalue weighted by Crippen LogP contribution is -2.48. The Kier molecular flexibility index (Phi) is 8.27. The van der Waals surface area contributed by atoms with Crippen molar-refractivity contribution < 1.29 is 33.3 Å². The van der Waals surface area contributed by atoms with Crippen LogP contribution in [0.25, 0.3) is 0 Å². The number of urea groups is 2. The van der Waals surface area contributed by atoms with Crippen LogP contribution >= 0.6 is 0 Å². The fourth-order valence-electron chi connectivity index (χ4n) is 3.39. The van der Waals surface area contributed by atoms with Gasteiger partial charge in [-0.25, -0.2) is 9.59 Å². The molecule has 2 rings (SSSR count). The number of amides is 4. The Balaban J connectivity index is 2.13. The second-order valence-electron chi connectivity index (χ2n) is 6.51. The van der Waals surface area contributed by atoms with Gasteiger partial charge >= 0.3 is 18.0 Å². The van der Waals surface area contributed by atoms with Crippen LogP contribution in [0.4, 0.5) is 9.59 Å². The fraction of sp³-hybridized carbons (Fsp3) is 0.824. The lowest BCUT2D eigenvalue weighted by atomic mass is 10.3. The van der Waals surface area contributed by atoms with Crippen molar-refractivity contribution in [2.75, 3.05) is 54.2 Å². The summed E-state index contributed by atoms with van der Waals surface area (Å²) in [6.45, 7) is 4.46. The standard InChI is InChI=1S/C17H30N4O7/c1-5-18-14-15(20(16(18)23)11-27-9-7-6-8-25-3)19(10-26-4)17(24)21(14)12-28-13(2)22/h14-15H,5-12H2,1-4H3. The zero-order chi connectivity index (χ0) is 20.7. The number of likely N-dealkylation sites (N-methyl/N-ethyl adjacent to an activating group) is 1. The summed E-state index contributed by atoms with van der Waals surface area (Å²) in [6, 6.07) is -0.607. The second-order valence-corrected chi connectivity index (χ2v) is 6.51. The summed E-state index contributed by atoms with van der Waals surface area (Å²) in [5.41, 5.74) is 0. The average Bonchev–Trinajstić information content (AvgIpc) is 3.08. The van der Waals surface area contributed by atoms with Crippen LogP contribution < -0.4 is 0 Å². The number of hydrogen-bond donors (Lipinski definition) is 0. The summed E-state index contributed by atoms with van der Waals surface area (Å²) < 4.78 is 20.9. The Morgan fingerprint density at radius 2 is 1.43 bits per heavy atom. The summed E-state index contributed by atoms with van der Waals surface area (Å²) in [5, 5.41) is 0. The molecule has 2 fully saturated rings. The number of methoxy groups -OCH3 is 2. The summed E-state index contributed by atoms with van der Waals surface area (Å²) >= 11 is 0. The lowest BCUT2D eigenvalue weighted by Gasteiger charge is -2.28. The molecule has 11 nitrogen and oxygen atoms in total. The van der Waals surface area contributed by atoms with E-state index in [-0.39, 0.29) is 32.3 Å². The van der Waals surface area contributed by atoms with E-state index in [9.17, 15) is 14.4 Å². The van der Waals surface area contributed by atoms with E-state index in [0.29, 0.717) is 19.8 Å². The van der Waals surface area contributed by atoms with Crippen molar-refractivity contribution in [3.05, 3.63) is 0 Å². The van der Waals surface area contributed by atoms with Gasteiger partial charge in [0.1, 0.15) is 13.5 Å². The van der Waals surface area contributed by atoms with Crippen molar-refractivity contribution >= 4 is 18.0 Å². The Bertz CT molecular complexity index is 562. The highest BCUT2D eigenvalue weighted by atomic mass is 16.5. The van der Waals surface area contributed by atoms with Gasteiger partial charge in [-0.15, -0.1) is 0 Å². The van der Waals surface area contributed by atoms with Gasteiger partial charge in [-0.3, -0.25) is 19.5 Å². The molecule has 0 spiro atoms. The minimum Gasteiger partial charge on any atom is -0.444 e. The van der Waals surface area contributed by atoms with Gasteiger partial charge in [-0.05, 0) is 19.8 Å². The van der Waals surface area contributed by atoms with Crippen molar-refractivity contribution in [3.8, 4) is 0 Å². The molecule has 2 aliphatic rings. The first-order valence-corrected chi connectivity index (χ1v) is 9.31. The molecule has 0 N–H and O–H groups in total. The molecular weight excluding hydrogens is 372 g/mol. The highest BCUT2D eigenvalue weighted by Crippen LogP contribution is 2.34. The molecule has 0 aromatic heterocycles. The molecule has 0 bridgehead atoms. The third-order valence-electron chi connectivity index (χ3n) is 4.66. The van der Waals surface area contributed by atoms with Crippen molar-refractivity contribution in [3.63, 3.8) is 0 Å². The zero-order valence-electron chi connectivity index (χ0n) is 17.0. The molecule has 2 unspecified atom stereocenters. The van der Waals surface area contributed by atoms with E-state index in [4.69, 9.17) is 18.9 Å². The van der Waals surface area contributed by atoms with Crippen molar-refractivity contribution in [1.29, 1.82) is 0 Å². The molecule has 0 aromatic carbocycles. The number of carbonyl (C=O) groups is 3. The smallest absolute Gasteiger partial charge is 0.328 e. The number of esters is 1. The van der Waals surface area contributed by atoms with Crippen molar-refractivity contribution in [1.82, 2.24) is 19.6 Å². The van der Waals surface area contributed by atoms with Crippen LogP contribution in [-0.4, -0.2) is 104 Å². The van der Waals surface area contributed by atoms with Crippen LogP contribution in [-0.2, 0) is 23.7 Å². The average molecular weight is 402 g/mol. The van der Waals surface area contributed by atoms with Crippen LogP contribution in [0, 0.1) is 0 Å². The Hall–Kier alpha value is -2.11. The summed E-state index contributed by atoms with van der Waals surface area (Å²) in [6.07, 6.45) is 0.494. The van der Waals surface area contributed by atoms with Gasteiger partial charge in [0, 0.05) is 40.9 Å². The quantitative estimate of drug-likeness (QED) is 0.349. The van der Waals surface area contributed by atoms with Gasteiger partial charge in [-0.1, -0.05) is 0 Å². The molecule has 28 heavy (non-hydrogen) atoms. The first kappa shape index (κ1) is 22.2. The number of carbonyl (C=O) groups excluding carboxylic acids is 3. The Morgan fingerprint density at radius 1 is 0.857 bits per heavy atom. The second kappa shape index (κ2) is 10.4. The van der Waals surface area contributed by atoms with Gasteiger partial charge in [0.15, 0.2) is 19.1 Å². The lowest BCUT2D eigenvalue weighted by molar-refractivity contribution is -0.145. The molecule has 0 aromatic rings. The first-order valence-electron chi connectivity index (χ1n) is 9.31. The van der Waals surface area contributed by atoms with Crippen LogP contribution in [0.2, 0.25) is 0 Å². The maximum atomic E-state index is 12.9. The molecule has 160 valence electrons. The molecule has 0 aliphatic carbocycles. The number of rotatable bonds is 12. The van der Waals surface area contributed by atoms with Crippen LogP contribution in [0.1, 0.15) is 26.7 Å². The highest BCUT2D eigenvalue weighted by Gasteiger charge is 2.59. The Morgan fingerprint density at radius 3 is 2.04 bits per heavy atom.